The number of carboxylic acid groups (broad SMARTS) is 2. The van der Waals surface area contributed by atoms with Gasteiger partial charge in [-0.1, -0.05) is 6.07 Å². The third-order valence-corrected chi connectivity index (χ3v) is 5.82. The number of fused-ring (bicyclic) bond motifs is 1. The number of aliphatic carboxylic acids is 2. The number of carbonyl (C=O) groups excluding carboxylic acids is 1. The van der Waals surface area contributed by atoms with E-state index in [4.69, 9.17) is 29.5 Å². The molecule has 5 rings (SSSR count). The molecule has 0 radical (unpaired) electrons. The molecule has 1 aliphatic rings. The van der Waals surface area contributed by atoms with Gasteiger partial charge >= 0.3 is 24.3 Å². The molecule has 3 N–H and O–H groups in total. The van der Waals surface area contributed by atoms with Crippen LogP contribution in [-0.4, -0.2) is 95.5 Å². The maximum atomic E-state index is 12.5. The number of imidazole rings is 2. The van der Waals surface area contributed by atoms with E-state index in [9.17, 15) is 31.1 Å². The summed E-state index contributed by atoms with van der Waals surface area (Å²) in [6.07, 6.45) is -1.45. The molecule has 1 amide bonds. The fourth-order valence-corrected chi connectivity index (χ4v) is 3.68. The summed E-state index contributed by atoms with van der Waals surface area (Å²) in [4.78, 5) is 45.8. The minimum atomic E-state index is -5.08. The van der Waals surface area contributed by atoms with Crippen molar-refractivity contribution in [2.75, 3.05) is 26.3 Å². The Morgan fingerprint density at radius 2 is 1.53 bits per heavy atom. The molecule has 0 aromatic carbocycles. The van der Waals surface area contributed by atoms with Crippen molar-refractivity contribution in [3.8, 4) is 5.95 Å². The molecule has 0 saturated carbocycles. The first-order chi connectivity index (χ1) is 21.2. The fourth-order valence-electron chi connectivity index (χ4n) is 3.68. The van der Waals surface area contributed by atoms with E-state index in [-0.39, 0.29) is 5.91 Å². The Bertz CT molecular complexity index is 1560. The fraction of sp³-hybridized carbons (Fsp3) is 0.308. The number of rotatable bonds is 6. The second-order valence-corrected chi connectivity index (χ2v) is 9.01. The zero-order chi connectivity index (χ0) is 33.2. The zero-order valence-electron chi connectivity index (χ0n) is 23.0. The Balaban J connectivity index is 0.000000331. The standard InChI is InChI=1S/C22H23N7O2.2C2HF3O2/c30-21(24-13-17-4-6-23-7-5-17)19-15-28(16-25-19)22-26-18(14-27-9-11-31-12-10-27)20-3-1-2-8-29(20)22;2*3-2(4,5)1(6)7/h1-8,15-16H,9-14H2,(H,24,30);2*(H,6,7). The van der Waals surface area contributed by atoms with E-state index in [1.54, 1.807) is 29.5 Å². The van der Waals surface area contributed by atoms with Gasteiger partial charge in [-0.3, -0.25) is 23.6 Å². The van der Waals surface area contributed by atoms with Crippen molar-refractivity contribution in [1.82, 2.24) is 34.1 Å². The largest absolute Gasteiger partial charge is 0.490 e. The number of carbonyl (C=O) groups is 3. The van der Waals surface area contributed by atoms with Gasteiger partial charge in [-0.15, -0.1) is 0 Å². The van der Waals surface area contributed by atoms with Gasteiger partial charge in [0.05, 0.1) is 24.4 Å². The molecule has 1 fully saturated rings. The Morgan fingerprint density at radius 1 is 0.933 bits per heavy atom. The number of hydrogen-bond acceptors (Lipinski definition) is 8. The van der Waals surface area contributed by atoms with E-state index in [2.05, 4.69) is 26.3 Å². The number of alkyl halides is 6. The molecule has 0 spiro atoms. The molecule has 4 aromatic heterocycles. The first-order valence-corrected chi connectivity index (χ1v) is 12.7. The molecule has 4 aromatic rings. The van der Waals surface area contributed by atoms with Crippen molar-refractivity contribution >= 4 is 23.4 Å². The van der Waals surface area contributed by atoms with Crippen LogP contribution < -0.4 is 5.32 Å². The van der Waals surface area contributed by atoms with Crippen molar-refractivity contribution in [2.24, 2.45) is 0 Å². The Hall–Kier alpha value is -5.04. The van der Waals surface area contributed by atoms with Gasteiger partial charge in [0.15, 0.2) is 0 Å². The Kier molecular flexibility index (Phi) is 11.6. The lowest BCUT2D eigenvalue weighted by molar-refractivity contribution is -0.193. The molecule has 19 heteroatoms. The number of pyridine rings is 2. The van der Waals surface area contributed by atoms with Crippen molar-refractivity contribution in [2.45, 2.75) is 25.4 Å². The number of aromatic nitrogens is 5. The van der Waals surface area contributed by atoms with Crippen LogP contribution in [0.15, 0.2) is 61.4 Å². The minimum Gasteiger partial charge on any atom is -0.475 e. The molecule has 0 unspecified atom stereocenters. The van der Waals surface area contributed by atoms with E-state index in [1.807, 2.05) is 34.9 Å². The second-order valence-electron chi connectivity index (χ2n) is 9.01. The van der Waals surface area contributed by atoms with Crippen LogP contribution in [-0.2, 0) is 27.4 Å². The average Bonchev–Trinajstić information content (AvgIpc) is 3.62. The Morgan fingerprint density at radius 3 is 2.11 bits per heavy atom. The molecule has 13 nitrogen and oxygen atoms in total. The maximum Gasteiger partial charge on any atom is 0.490 e. The highest BCUT2D eigenvalue weighted by Crippen LogP contribution is 2.19. The van der Waals surface area contributed by atoms with Crippen molar-refractivity contribution in [1.29, 1.82) is 0 Å². The minimum absolute atomic E-state index is 0.232. The number of hydrogen-bond donors (Lipinski definition) is 3. The first kappa shape index (κ1) is 34.5. The van der Waals surface area contributed by atoms with Gasteiger partial charge in [0.25, 0.3) is 5.91 Å². The normalized spacial score (nSPS) is 13.6. The van der Waals surface area contributed by atoms with E-state index < -0.39 is 24.3 Å². The number of carboxylic acids is 2. The Labute approximate surface area is 249 Å². The maximum absolute atomic E-state index is 12.5. The quantitative estimate of drug-likeness (QED) is 0.266. The van der Waals surface area contributed by atoms with Crippen LogP contribution in [0.5, 0.6) is 0 Å². The van der Waals surface area contributed by atoms with Gasteiger partial charge in [-0.05, 0) is 29.8 Å². The van der Waals surface area contributed by atoms with Gasteiger partial charge in [0.2, 0.25) is 5.95 Å². The van der Waals surface area contributed by atoms with E-state index >= 15 is 0 Å². The second kappa shape index (κ2) is 15.1. The van der Waals surface area contributed by atoms with Gasteiger partial charge in [-0.25, -0.2) is 19.6 Å². The summed E-state index contributed by atoms with van der Waals surface area (Å²) >= 11 is 0. The lowest BCUT2D eigenvalue weighted by atomic mass is 10.2. The van der Waals surface area contributed by atoms with Gasteiger partial charge in [0, 0.05) is 51.0 Å². The molecule has 0 atom stereocenters. The van der Waals surface area contributed by atoms with E-state index in [0.717, 1.165) is 49.6 Å². The monoisotopic (exact) mass is 645 g/mol. The molecular formula is C26H25F6N7O6. The molecule has 0 aliphatic carbocycles. The van der Waals surface area contributed by atoms with Crippen LogP contribution in [0.3, 0.4) is 0 Å². The lowest BCUT2D eigenvalue weighted by Gasteiger charge is -2.25. The topological polar surface area (TPSA) is 164 Å². The van der Waals surface area contributed by atoms with Crippen LogP contribution in [0.25, 0.3) is 11.5 Å². The highest BCUT2D eigenvalue weighted by Gasteiger charge is 2.38. The summed E-state index contributed by atoms with van der Waals surface area (Å²) in [5, 5.41) is 17.1. The average molecular weight is 646 g/mol. The predicted molar refractivity (Wildman–Crippen MR) is 141 cm³/mol. The third-order valence-electron chi connectivity index (χ3n) is 5.82. The molecule has 0 bridgehead atoms. The van der Waals surface area contributed by atoms with Crippen LogP contribution in [0.2, 0.25) is 0 Å². The number of halogens is 6. The van der Waals surface area contributed by atoms with Crippen molar-refractivity contribution in [3.63, 3.8) is 0 Å². The molecule has 1 saturated heterocycles. The number of amides is 1. The number of nitrogens with one attached hydrogen (secondary N) is 1. The number of ether oxygens (including phenoxy) is 1. The van der Waals surface area contributed by atoms with E-state index in [0.29, 0.717) is 18.2 Å². The van der Waals surface area contributed by atoms with Gasteiger partial charge in [-0.2, -0.15) is 26.3 Å². The first-order valence-electron chi connectivity index (χ1n) is 12.7. The molecule has 242 valence electrons. The highest BCUT2D eigenvalue weighted by atomic mass is 19.4. The summed E-state index contributed by atoms with van der Waals surface area (Å²) in [5.41, 5.74) is 3.36. The summed E-state index contributed by atoms with van der Waals surface area (Å²) in [7, 11) is 0. The summed E-state index contributed by atoms with van der Waals surface area (Å²) in [6, 6.07) is 9.77. The predicted octanol–water partition coefficient (Wildman–Crippen LogP) is 2.94. The third kappa shape index (κ3) is 10.3. The van der Waals surface area contributed by atoms with Crippen LogP contribution in [0.4, 0.5) is 26.3 Å². The smallest absolute Gasteiger partial charge is 0.475 e. The lowest BCUT2D eigenvalue weighted by Crippen LogP contribution is -2.35. The van der Waals surface area contributed by atoms with Crippen molar-refractivity contribution < 1.29 is 55.7 Å². The molecule has 5 heterocycles. The molecule has 45 heavy (non-hydrogen) atoms. The summed E-state index contributed by atoms with van der Waals surface area (Å²) in [5.74, 6) is -5.04. The molecular weight excluding hydrogens is 620 g/mol. The number of nitrogens with zero attached hydrogens (tertiary/aromatic N) is 6. The van der Waals surface area contributed by atoms with Crippen LogP contribution >= 0.6 is 0 Å². The highest BCUT2D eigenvalue weighted by molar-refractivity contribution is 5.92. The summed E-state index contributed by atoms with van der Waals surface area (Å²) < 4.78 is 72.7. The zero-order valence-corrected chi connectivity index (χ0v) is 23.0. The van der Waals surface area contributed by atoms with Gasteiger partial charge in [0.1, 0.15) is 12.0 Å². The van der Waals surface area contributed by atoms with Crippen LogP contribution in [0, 0.1) is 0 Å². The van der Waals surface area contributed by atoms with Gasteiger partial charge < -0.3 is 20.3 Å². The number of morpholine rings is 1. The van der Waals surface area contributed by atoms with Crippen molar-refractivity contribution in [3.05, 3.63) is 78.4 Å². The van der Waals surface area contributed by atoms with E-state index in [1.165, 1.54) is 0 Å². The SMILES string of the molecule is O=C(NCc1ccncc1)c1cn(-c2nc(CN3CCOCC3)c3ccccn23)cn1.O=C(O)C(F)(F)F.O=C(O)C(F)(F)F. The van der Waals surface area contributed by atoms with Crippen LogP contribution in [0.1, 0.15) is 21.7 Å². The summed E-state index contributed by atoms with van der Waals surface area (Å²) in [6.45, 7) is 4.47. The molecule has 1 aliphatic heterocycles.